The van der Waals surface area contributed by atoms with Gasteiger partial charge in [-0.15, -0.1) is 11.3 Å². The van der Waals surface area contributed by atoms with Gasteiger partial charge in [-0.25, -0.2) is 4.79 Å². The first-order valence-corrected chi connectivity index (χ1v) is 7.03. The Hall–Kier alpha value is -1.36. The molecule has 19 heavy (non-hydrogen) atoms. The number of halogens is 1. The molecule has 0 fully saturated rings. The average Bonchev–Trinajstić information content (AvgIpc) is 2.74. The van der Waals surface area contributed by atoms with Crippen LogP contribution in [0, 0.1) is 6.92 Å². The molecule has 0 radical (unpaired) electrons. The second-order valence-electron chi connectivity index (χ2n) is 4.23. The molecule has 0 aliphatic rings. The summed E-state index contributed by atoms with van der Waals surface area (Å²) in [6.07, 6.45) is 0. The second-order valence-corrected chi connectivity index (χ2v) is 5.92. The van der Waals surface area contributed by atoms with Crippen molar-refractivity contribution < 1.29 is 9.90 Å². The summed E-state index contributed by atoms with van der Waals surface area (Å²) in [6, 6.07) is 9.39. The van der Waals surface area contributed by atoms with Crippen LogP contribution in [0.15, 0.2) is 30.3 Å². The van der Waals surface area contributed by atoms with Gasteiger partial charge in [-0.3, -0.25) is 0 Å². The lowest BCUT2D eigenvalue weighted by atomic mass is 10.2. The van der Waals surface area contributed by atoms with Gasteiger partial charge < -0.3 is 10.4 Å². The molecule has 100 valence electrons. The summed E-state index contributed by atoms with van der Waals surface area (Å²) in [4.78, 5) is 12.3. The van der Waals surface area contributed by atoms with Crippen molar-refractivity contribution in [3.63, 3.8) is 0 Å². The number of carboxylic acids is 1. The van der Waals surface area contributed by atoms with Gasteiger partial charge in [-0.1, -0.05) is 23.7 Å². The first kappa shape index (κ1) is 14.1. The molecule has 5 heteroatoms. The van der Waals surface area contributed by atoms with E-state index in [9.17, 15) is 4.79 Å². The zero-order chi connectivity index (χ0) is 13.8. The highest BCUT2D eigenvalue weighted by Crippen LogP contribution is 2.21. The Bertz CT molecular complexity index is 578. The van der Waals surface area contributed by atoms with Crippen molar-refractivity contribution >= 4 is 28.9 Å². The number of carboxylic acid groups (broad SMARTS) is 1. The summed E-state index contributed by atoms with van der Waals surface area (Å²) < 4.78 is 0. The Balaban J connectivity index is 1.92. The highest BCUT2D eigenvalue weighted by atomic mass is 35.5. The predicted molar refractivity (Wildman–Crippen MR) is 78.0 cm³/mol. The van der Waals surface area contributed by atoms with E-state index in [0.717, 1.165) is 27.6 Å². The van der Waals surface area contributed by atoms with E-state index >= 15 is 0 Å². The summed E-state index contributed by atoms with van der Waals surface area (Å²) >= 11 is 7.13. The number of hydrogen-bond acceptors (Lipinski definition) is 3. The molecular formula is C14H14ClNO2S. The molecule has 1 heterocycles. The van der Waals surface area contributed by atoms with Crippen LogP contribution in [-0.2, 0) is 13.1 Å². The van der Waals surface area contributed by atoms with Crippen LogP contribution < -0.4 is 5.32 Å². The van der Waals surface area contributed by atoms with Gasteiger partial charge in [0.2, 0.25) is 0 Å². The summed E-state index contributed by atoms with van der Waals surface area (Å²) in [5, 5.41) is 13.0. The van der Waals surface area contributed by atoms with Crippen molar-refractivity contribution in [1.29, 1.82) is 0 Å². The molecule has 2 aromatic rings. The predicted octanol–water partition coefficient (Wildman–Crippen LogP) is 3.70. The van der Waals surface area contributed by atoms with Crippen LogP contribution in [0.4, 0.5) is 0 Å². The Morgan fingerprint density at radius 1 is 1.32 bits per heavy atom. The van der Waals surface area contributed by atoms with E-state index in [1.54, 1.807) is 6.07 Å². The number of thiophene rings is 1. The summed E-state index contributed by atoms with van der Waals surface area (Å²) in [6.45, 7) is 3.34. The molecule has 0 saturated carbocycles. The summed E-state index contributed by atoms with van der Waals surface area (Å²) in [7, 11) is 0. The van der Waals surface area contributed by atoms with Crippen LogP contribution in [0.25, 0.3) is 0 Å². The van der Waals surface area contributed by atoms with E-state index in [1.807, 2.05) is 31.2 Å². The standard InChI is InChI=1S/C14H14ClNO2S/c1-9-11(6-13(19-9)14(17)18)8-16-7-10-2-4-12(15)5-3-10/h2-6,16H,7-8H2,1H3,(H,17,18). The maximum absolute atomic E-state index is 10.9. The molecule has 2 N–H and O–H groups in total. The Labute approximate surface area is 120 Å². The van der Waals surface area contributed by atoms with Gasteiger partial charge in [0.1, 0.15) is 4.88 Å². The first-order valence-electron chi connectivity index (χ1n) is 5.84. The third-order valence-electron chi connectivity index (χ3n) is 2.79. The van der Waals surface area contributed by atoms with Gasteiger partial charge >= 0.3 is 5.97 Å². The van der Waals surface area contributed by atoms with Gasteiger partial charge in [0, 0.05) is 23.0 Å². The van der Waals surface area contributed by atoms with Gasteiger partial charge in [-0.2, -0.15) is 0 Å². The highest BCUT2D eigenvalue weighted by molar-refractivity contribution is 7.14. The fraction of sp³-hybridized carbons (Fsp3) is 0.214. The molecule has 0 saturated heterocycles. The van der Waals surface area contributed by atoms with E-state index in [1.165, 1.54) is 11.3 Å². The lowest BCUT2D eigenvalue weighted by Crippen LogP contribution is -2.12. The van der Waals surface area contributed by atoms with Gasteiger partial charge in [0.15, 0.2) is 0 Å². The van der Waals surface area contributed by atoms with Crippen molar-refractivity contribution in [1.82, 2.24) is 5.32 Å². The Morgan fingerprint density at radius 2 is 2.00 bits per heavy atom. The minimum atomic E-state index is -0.864. The molecule has 0 aliphatic carbocycles. The number of aromatic carboxylic acids is 1. The zero-order valence-electron chi connectivity index (χ0n) is 10.4. The largest absolute Gasteiger partial charge is 0.477 e. The van der Waals surface area contributed by atoms with E-state index in [2.05, 4.69) is 5.32 Å². The van der Waals surface area contributed by atoms with E-state index in [-0.39, 0.29) is 0 Å². The fourth-order valence-corrected chi connectivity index (χ4v) is 2.75. The minimum absolute atomic E-state index is 0.390. The van der Waals surface area contributed by atoms with Crippen LogP contribution in [0.3, 0.4) is 0 Å². The number of hydrogen-bond donors (Lipinski definition) is 2. The molecule has 0 aliphatic heterocycles. The third kappa shape index (κ3) is 3.80. The monoisotopic (exact) mass is 295 g/mol. The zero-order valence-corrected chi connectivity index (χ0v) is 12.0. The van der Waals surface area contributed by atoms with Crippen LogP contribution in [0.1, 0.15) is 25.7 Å². The lowest BCUT2D eigenvalue weighted by Gasteiger charge is -2.04. The average molecular weight is 296 g/mol. The van der Waals surface area contributed by atoms with Crippen molar-refractivity contribution in [2.24, 2.45) is 0 Å². The molecule has 2 rings (SSSR count). The lowest BCUT2D eigenvalue weighted by molar-refractivity contribution is 0.0702. The maximum Gasteiger partial charge on any atom is 0.345 e. The van der Waals surface area contributed by atoms with Crippen LogP contribution in [-0.4, -0.2) is 11.1 Å². The second kappa shape index (κ2) is 6.19. The number of carbonyl (C=O) groups is 1. The molecule has 0 bridgehead atoms. The smallest absolute Gasteiger partial charge is 0.345 e. The fourth-order valence-electron chi connectivity index (χ4n) is 1.74. The van der Waals surface area contributed by atoms with Crippen molar-refractivity contribution in [2.45, 2.75) is 20.0 Å². The molecular weight excluding hydrogens is 282 g/mol. The first-order chi connectivity index (χ1) is 9.06. The third-order valence-corrected chi connectivity index (χ3v) is 4.12. The van der Waals surface area contributed by atoms with Crippen molar-refractivity contribution in [2.75, 3.05) is 0 Å². The topological polar surface area (TPSA) is 49.3 Å². The highest BCUT2D eigenvalue weighted by Gasteiger charge is 2.10. The van der Waals surface area contributed by atoms with Crippen LogP contribution in [0.2, 0.25) is 5.02 Å². The molecule has 0 atom stereocenters. The van der Waals surface area contributed by atoms with Crippen molar-refractivity contribution in [3.8, 4) is 0 Å². The molecule has 1 aromatic heterocycles. The molecule has 3 nitrogen and oxygen atoms in total. The van der Waals surface area contributed by atoms with Gasteiger partial charge in [0.05, 0.1) is 0 Å². The normalized spacial score (nSPS) is 10.6. The van der Waals surface area contributed by atoms with Crippen LogP contribution >= 0.6 is 22.9 Å². The number of benzene rings is 1. The van der Waals surface area contributed by atoms with E-state index in [0.29, 0.717) is 11.4 Å². The van der Waals surface area contributed by atoms with Crippen molar-refractivity contribution in [3.05, 3.63) is 56.2 Å². The molecule has 0 unspecified atom stereocenters. The number of rotatable bonds is 5. The summed E-state index contributed by atoms with van der Waals surface area (Å²) in [5.41, 5.74) is 2.19. The van der Waals surface area contributed by atoms with E-state index < -0.39 is 5.97 Å². The Morgan fingerprint density at radius 3 is 2.58 bits per heavy atom. The maximum atomic E-state index is 10.9. The molecule has 0 amide bonds. The number of aryl methyl sites for hydroxylation is 1. The van der Waals surface area contributed by atoms with E-state index in [4.69, 9.17) is 16.7 Å². The van der Waals surface area contributed by atoms with Gasteiger partial charge in [0.25, 0.3) is 0 Å². The Kier molecular flexibility index (Phi) is 4.58. The van der Waals surface area contributed by atoms with Gasteiger partial charge in [-0.05, 0) is 36.2 Å². The summed E-state index contributed by atoms with van der Waals surface area (Å²) in [5.74, 6) is -0.864. The SMILES string of the molecule is Cc1sc(C(=O)O)cc1CNCc1ccc(Cl)cc1. The molecule has 1 aromatic carbocycles. The molecule has 0 spiro atoms. The minimum Gasteiger partial charge on any atom is -0.477 e. The quantitative estimate of drug-likeness (QED) is 0.884. The van der Waals surface area contributed by atoms with Crippen LogP contribution in [0.5, 0.6) is 0 Å². The number of nitrogens with one attached hydrogen (secondary N) is 1.